The Balaban J connectivity index is 2.27. The van der Waals surface area contributed by atoms with Crippen molar-refractivity contribution in [2.24, 2.45) is 0 Å². The molecule has 0 bridgehead atoms. The number of rotatable bonds is 5. The Morgan fingerprint density at radius 2 is 2.10 bits per heavy atom. The lowest BCUT2D eigenvalue weighted by atomic mass is 10.2. The number of amides is 3. The van der Waals surface area contributed by atoms with E-state index >= 15 is 0 Å². The van der Waals surface area contributed by atoms with Gasteiger partial charge in [-0.2, -0.15) is 13.2 Å². The van der Waals surface area contributed by atoms with Crippen LogP contribution in [0.5, 0.6) is 5.75 Å². The number of anilines is 2. The Morgan fingerprint density at radius 3 is 2.70 bits per heavy atom. The lowest BCUT2D eigenvalue weighted by Gasteiger charge is -2.28. The highest BCUT2D eigenvalue weighted by molar-refractivity contribution is 6.00. The molecular weight excluding hydrogens is 414 g/mol. The fraction of sp³-hybridized carbons (Fsp3) is 0.278. The number of esters is 1. The number of urea groups is 1. The molecule has 1 aromatic carbocycles. The third-order valence-corrected chi connectivity index (χ3v) is 3.59. The molecule has 2 N–H and O–H groups in total. The first-order valence-corrected chi connectivity index (χ1v) is 8.30. The number of hydrogen-bond acceptors (Lipinski definition) is 5. The number of alkyl halides is 3. The number of allylic oxidation sites excluding steroid dienone is 1. The molecule has 0 spiro atoms. The van der Waals surface area contributed by atoms with Crippen LogP contribution < -0.4 is 20.3 Å². The highest BCUT2D eigenvalue weighted by Crippen LogP contribution is 2.36. The van der Waals surface area contributed by atoms with Crippen LogP contribution >= 0.6 is 0 Å². The van der Waals surface area contributed by atoms with Crippen LogP contribution in [0.1, 0.15) is 6.92 Å². The van der Waals surface area contributed by atoms with Crippen molar-refractivity contribution in [1.29, 1.82) is 0 Å². The Hall–Kier alpha value is -3.75. The molecule has 0 aliphatic carbocycles. The summed E-state index contributed by atoms with van der Waals surface area (Å²) < 4.78 is 62.8. The first-order valence-electron chi connectivity index (χ1n) is 8.30. The molecule has 0 radical (unpaired) electrons. The smallest absolute Gasteiger partial charge is 0.431 e. The van der Waals surface area contributed by atoms with Crippen LogP contribution in [0.2, 0.25) is 0 Å². The van der Waals surface area contributed by atoms with E-state index in [0.29, 0.717) is 0 Å². The van der Waals surface area contributed by atoms with E-state index in [1.807, 2.05) is 5.32 Å². The maximum absolute atomic E-state index is 14.3. The molecule has 0 saturated heterocycles. The summed E-state index contributed by atoms with van der Waals surface area (Å²) in [6, 6.07) is 0.342. The van der Waals surface area contributed by atoms with Crippen LogP contribution in [0.25, 0.3) is 0 Å². The molecule has 0 atom stereocenters. The highest BCUT2D eigenvalue weighted by atomic mass is 19.4. The molecule has 0 aromatic heterocycles. The van der Waals surface area contributed by atoms with Crippen LogP contribution in [0.3, 0.4) is 0 Å². The third-order valence-electron chi connectivity index (χ3n) is 3.59. The van der Waals surface area contributed by atoms with Gasteiger partial charge in [-0.05, 0) is 13.0 Å². The number of nitrogens with zero attached hydrogens (tertiary/aromatic N) is 1. The standard InChI is InChI=1S/C18H15F4N3O5/c1-3-5-25-12-7-11(10(19)6-13(12)30-9-15(25)26)23-17(28)24-14(18(20,21)22)8-16(27)29-4-2/h1,6-8H,4-5,9H2,2H3,(H2,23,24,28)/b14-8+. The summed E-state index contributed by atoms with van der Waals surface area (Å²) in [5, 5.41) is 3.30. The zero-order chi connectivity index (χ0) is 22.5. The maximum Gasteiger partial charge on any atom is 0.431 e. The van der Waals surface area contributed by atoms with E-state index in [1.165, 1.54) is 12.2 Å². The van der Waals surface area contributed by atoms with Gasteiger partial charge < -0.3 is 20.1 Å². The average molecular weight is 429 g/mol. The Morgan fingerprint density at radius 1 is 1.40 bits per heavy atom. The topological polar surface area (TPSA) is 97.0 Å². The van der Waals surface area contributed by atoms with Gasteiger partial charge in [-0.3, -0.25) is 9.69 Å². The van der Waals surface area contributed by atoms with Crippen molar-refractivity contribution in [2.75, 3.05) is 30.0 Å². The van der Waals surface area contributed by atoms with Gasteiger partial charge in [-0.1, -0.05) is 5.92 Å². The number of halogens is 4. The predicted octanol–water partition coefficient (Wildman–Crippen LogP) is 2.32. The number of terminal acetylenes is 1. The SMILES string of the molecule is C#CCN1C(=O)COc2cc(F)c(NC(=O)N/C(=C/C(=O)OCC)C(F)(F)F)cc21. The van der Waals surface area contributed by atoms with Crippen molar-refractivity contribution in [2.45, 2.75) is 13.1 Å². The van der Waals surface area contributed by atoms with Crippen molar-refractivity contribution in [1.82, 2.24) is 5.32 Å². The normalized spacial score (nSPS) is 13.7. The molecule has 2 rings (SSSR count). The van der Waals surface area contributed by atoms with Crippen molar-refractivity contribution in [3.8, 4) is 18.1 Å². The Labute approximate surface area is 167 Å². The summed E-state index contributed by atoms with van der Waals surface area (Å²) in [5.41, 5.74) is -2.24. The summed E-state index contributed by atoms with van der Waals surface area (Å²) in [5.74, 6) is -0.698. The summed E-state index contributed by atoms with van der Waals surface area (Å²) in [6.45, 7) is 0.653. The van der Waals surface area contributed by atoms with Gasteiger partial charge in [0.2, 0.25) is 0 Å². The van der Waals surface area contributed by atoms with E-state index in [1.54, 1.807) is 0 Å². The van der Waals surface area contributed by atoms with Gasteiger partial charge in [0.05, 0.1) is 30.6 Å². The number of ether oxygens (including phenoxy) is 2. The average Bonchev–Trinajstić information content (AvgIpc) is 2.64. The molecule has 160 valence electrons. The van der Waals surface area contributed by atoms with Crippen molar-refractivity contribution >= 4 is 29.3 Å². The number of benzene rings is 1. The van der Waals surface area contributed by atoms with E-state index in [0.717, 1.165) is 17.0 Å². The number of fused-ring (bicyclic) bond motifs is 1. The number of hydrogen-bond donors (Lipinski definition) is 2. The van der Waals surface area contributed by atoms with Crippen LogP contribution in [-0.4, -0.2) is 43.8 Å². The fourth-order valence-corrected chi connectivity index (χ4v) is 2.35. The zero-order valence-electron chi connectivity index (χ0n) is 15.4. The number of carbonyl (C=O) groups excluding carboxylic acids is 3. The van der Waals surface area contributed by atoms with Crippen LogP contribution in [-0.2, 0) is 14.3 Å². The molecule has 1 aliphatic heterocycles. The van der Waals surface area contributed by atoms with Crippen LogP contribution in [0, 0.1) is 18.2 Å². The summed E-state index contributed by atoms with van der Waals surface area (Å²) in [6.07, 6.45) is 0.149. The second-order valence-electron chi connectivity index (χ2n) is 5.66. The Kier molecular flexibility index (Phi) is 6.89. The number of nitrogens with one attached hydrogen (secondary N) is 2. The quantitative estimate of drug-likeness (QED) is 0.324. The summed E-state index contributed by atoms with van der Waals surface area (Å²) in [4.78, 5) is 36.3. The molecule has 1 heterocycles. The lowest BCUT2D eigenvalue weighted by molar-refractivity contribution is -0.138. The van der Waals surface area contributed by atoms with Gasteiger partial charge in [-0.15, -0.1) is 6.42 Å². The van der Waals surface area contributed by atoms with E-state index < -0.39 is 41.3 Å². The van der Waals surface area contributed by atoms with Gasteiger partial charge in [0.25, 0.3) is 5.91 Å². The van der Waals surface area contributed by atoms with Crippen molar-refractivity contribution in [3.63, 3.8) is 0 Å². The van der Waals surface area contributed by atoms with E-state index in [4.69, 9.17) is 11.2 Å². The van der Waals surface area contributed by atoms with Gasteiger partial charge >= 0.3 is 18.2 Å². The summed E-state index contributed by atoms with van der Waals surface area (Å²) in [7, 11) is 0. The lowest BCUT2D eigenvalue weighted by Crippen LogP contribution is -2.39. The van der Waals surface area contributed by atoms with E-state index in [9.17, 15) is 31.9 Å². The molecule has 1 aliphatic rings. The minimum atomic E-state index is -5.09. The van der Waals surface area contributed by atoms with Gasteiger partial charge in [0.1, 0.15) is 11.4 Å². The molecule has 3 amide bonds. The maximum atomic E-state index is 14.3. The highest BCUT2D eigenvalue weighted by Gasteiger charge is 2.36. The molecule has 0 saturated carbocycles. The van der Waals surface area contributed by atoms with Crippen molar-refractivity contribution in [3.05, 3.63) is 29.7 Å². The minimum absolute atomic E-state index is 0.0269. The first-order chi connectivity index (χ1) is 14.1. The Bertz CT molecular complexity index is 937. The molecule has 0 unspecified atom stereocenters. The van der Waals surface area contributed by atoms with E-state index in [2.05, 4.69) is 10.7 Å². The molecule has 30 heavy (non-hydrogen) atoms. The predicted molar refractivity (Wildman–Crippen MR) is 96.0 cm³/mol. The van der Waals surface area contributed by atoms with E-state index in [-0.39, 0.29) is 37.3 Å². The molecule has 1 aromatic rings. The fourth-order valence-electron chi connectivity index (χ4n) is 2.35. The van der Waals surface area contributed by atoms with Crippen LogP contribution in [0.15, 0.2) is 23.9 Å². The van der Waals surface area contributed by atoms with Crippen molar-refractivity contribution < 1.29 is 41.4 Å². The largest absolute Gasteiger partial charge is 0.481 e. The second kappa shape index (κ2) is 9.17. The third kappa shape index (κ3) is 5.40. The summed E-state index contributed by atoms with van der Waals surface area (Å²) >= 11 is 0. The molecular formula is C18H15F4N3O5. The van der Waals surface area contributed by atoms with Gasteiger partial charge in [0, 0.05) is 6.07 Å². The monoisotopic (exact) mass is 429 g/mol. The first kappa shape index (κ1) is 22.5. The van der Waals surface area contributed by atoms with Crippen LogP contribution in [0.4, 0.5) is 33.7 Å². The second-order valence-corrected chi connectivity index (χ2v) is 5.66. The van der Waals surface area contributed by atoms with Gasteiger partial charge in [0.15, 0.2) is 12.4 Å². The van der Waals surface area contributed by atoms with Gasteiger partial charge in [-0.25, -0.2) is 14.0 Å². The zero-order valence-corrected chi connectivity index (χ0v) is 15.4. The molecule has 12 heteroatoms. The molecule has 0 fully saturated rings. The minimum Gasteiger partial charge on any atom is -0.481 e. The number of carbonyl (C=O) groups is 3. The molecule has 8 nitrogen and oxygen atoms in total.